The minimum absolute atomic E-state index is 0.0958. The second kappa shape index (κ2) is 5.98. The molecule has 0 bridgehead atoms. The molecule has 0 saturated carbocycles. The van der Waals surface area contributed by atoms with Crippen molar-refractivity contribution in [1.29, 1.82) is 0 Å². The molecule has 5 heteroatoms. The molecule has 92 valence electrons. The van der Waals surface area contributed by atoms with Crippen molar-refractivity contribution in [1.82, 2.24) is 10.3 Å². The monoisotopic (exact) mass is 235 g/mol. The molecule has 1 aromatic rings. The molecule has 17 heavy (non-hydrogen) atoms. The van der Waals surface area contributed by atoms with E-state index in [1.165, 1.54) is 7.05 Å². The fourth-order valence-electron chi connectivity index (χ4n) is 1.32. The summed E-state index contributed by atoms with van der Waals surface area (Å²) in [5, 5.41) is 5.14. The lowest BCUT2D eigenvalue weighted by Gasteiger charge is -2.07. The van der Waals surface area contributed by atoms with Crippen molar-refractivity contribution in [2.75, 3.05) is 12.4 Å². The SMILES string of the molecule is CNC(=O)c1cccc(NC(=O)CC(C)C)n1. The van der Waals surface area contributed by atoms with E-state index < -0.39 is 0 Å². The number of nitrogens with zero attached hydrogens (tertiary/aromatic N) is 1. The maximum atomic E-state index is 11.5. The van der Waals surface area contributed by atoms with Crippen molar-refractivity contribution in [2.24, 2.45) is 5.92 Å². The van der Waals surface area contributed by atoms with Crippen molar-refractivity contribution in [3.8, 4) is 0 Å². The molecule has 0 spiro atoms. The summed E-state index contributed by atoms with van der Waals surface area (Å²) in [6.07, 6.45) is 0.436. The first kappa shape index (κ1) is 13.2. The van der Waals surface area contributed by atoms with Gasteiger partial charge in [0.2, 0.25) is 5.91 Å². The van der Waals surface area contributed by atoms with Gasteiger partial charge in [-0.3, -0.25) is 9.59 Å². The van der Waals surface area contributed by atoms with E-state index in [9.17, 15) is 9.59 Å². The topological polar surface area (TPSA) is 71.1 Å². The number of carbonyl (C=O) groups is 2. The summed E-state index contributed by atoms with van der Waals surface area (Å²) in [6.45, 7) is 3.93. The zero-order valence-corrected chi connectivity index (χ0v) is 10.3. The molecule has 0 radical (unpaired) electrons. The summed E-state index contributed by atoms with van der Waals surface area (Å²) in [5.41, 5.74) is 0.287. The smallest absolute Gasteiger partial charge is 0.269 e. The number of nitrogens with one attached hydrogen (secondary N) is 2. The third kappa shape index (κ3) is 4.22. The van der Waals surface area contributed by atoms with Gasteiger partial charge in [0.25, 0.3) is 5.91 Å². The first-order valence-corrected chi connectivity index (χ1v) is 5.52. The van der Waals surface area contributed by atoms with Gasteiger partial charge in [0.05, 0.1) is 0 Å². The fourth-order valence-corrected chi connectivity index (χ4v) is 1.32. The van der Waals surface area contributed by atoms with Crippen molar-refractivity contribution in [3.05, 3.63) is 23.9 Å². The van der Waals surface area contributed by atoms with E-state index in [4.69, 9.17) is 0 Å². The van der Waals surface area contributed by atoms with E-state index in [2.05, 4.69) is 15.6 Å². The summed E-state index contributed by atoms with van der Waals surface area (Å²) in [6, 6.07) is 4.93. The molecule has 5 nitrogen and oxygen atoms in total. The highest BCUT2D eigenvalue weighted by Gasteiger charge is 2.08. The predicted molar refractivity (Wildman–Crippen MR) is 65.7 cm³/mol. The van der Waals surface area contributed by atoms with Crippen LogP contribution >= 0.6 is 0 Å². The number of hydrogen-bond donors (Lipinski definition) is 2. The Hall–Kier alpha value is -1.91. The lowest BCUT2D eigenvalue weighted by atomic mass is 10.1. The molecule has 2 N–H and O–H groups in total. The number of anilines is 1. The van der Waals surface area contributed by atoms with Crippen molar-refractivity contribution in [2.45, 2.75) is 20.3 Å². The van der Waals surface area contributed by atoms with Crippen LogP contribution in [-0.2, 0) is 4.79 Å². The zero-order valence-electron chi connectivity index (χ0n) is 10.3. The Bertz CT molecular complexity index is 416. The van der Waals surface area contributed by atoms with E-state index >= 15 is 0 Å². The standard InChI is InChI=1S/C12H17N3O2/c1-8(2)7-11(16)15-10-6-4-5-9(14-10)12(17)13-3/h4-6,8H,7H2,1-3H3,(H,13,17)(H,14,15,16). The lowest BCUT2D eigenvalue weighted by molar-refractivity contribution is -0.116. The maximum absolute atomic E-state index is 11.5. The van der Waals surface area contributed by atoms with Gasteiger partial charge in [-0.2, -0.15) is 0 Å². The molecule has 1 heterocycles. The minimum Gasteiger partial charge on any atom is -0.354 e. The predicted octanol–water partition coefficient (Wildman–Crippen LogP) is 1.43. The summed E-state index contributed by atoms with van der Waals surface area (Å²) < 4.78 is 0. The minimum atomic E-state index is -0.273. The van der Waals surface area contributed by atoms with Crippen LogP contribution in [0.5, 0.6) is 0 Å². The Labute approximate surface area is 101 Å². The second-order valence-corrected chi connectivity index (χ2v) is 4.13. The van der Waals surface area contributed by atoms with Gasteiger partial charge >= 0.3 is 0 Å². The molecule has 0 aliphatic rings. The van der Waals surface area contributed by atoms with Crippen LogP contribution in [0.2, 0.25) is 0 Å². The number of rotatable bonds is 4. The Morgan fingerprint density at radius 2 is 2.06 bits per heavy atom. The van der Waals surface area contributed by atoms with Crippen molar-refractivity contribution < 1.29 is 9.59 Å². The van der Waals surface area contributed by atoms with Crippen LogP contribution in [0.3, 0.4) is 0 Å². The third-order valence-electron chi connectivity index (χ3n) is 2.07. The van der Waals surface area contributed by atoms with Crippen LogP contribution in [0.15, 0.2) is 18.2 Å². The highest BCUT2D eigenvalue weighted by Crippen LogP contribution is 2.07. The average Bonchev–Trinajstić information content (AvgIpc) is 2.27. The number of carbonyl (C=O) groups excluding carboxylic acids is 2. The average molecular weight is 235 g/mol. The maximum Gasteiger partial charge on any atom is 0.269 e. The molecular weight excluding hydrogens is 218 g/mol. The number of amides is 2. The molecule has 0 aliphatic heterocycles. The molecule has 2 amide bonds. The van der Waals surface area contributed by atoms with Gasteiger partial charge in [0, 0.05) is 13.5 Å². The van der Waals surface area contributed by atoms with Crippen LogP contribution in [-0.4, -0.2) is 23.8 Å². The van der Waals surface area contributed by atoms with Crippen molar-refractivity contribution >= 4 is 17.6 Å². The van der Waals surface area contributed by atoms with Crippen molar-refractivity contribution in [3.63, 3.8) is 0 Å². The fraction of sp³-hybridized carbons (Fsp3) is 0.417. The van der Waals surface area contributed by atoms with Crippen LogP contribution in [0.4, 0.5) is 5.82 Å². The molecule has 0 atom stereocenters. The van der Waals surface area contributed by atoms with Gasteiger partial charge in [-0.15, -0.1) is 0 Å². The van der Waals surface area contributed by atoms with Gasteiger partial charge < -0.3 is 10.6 Å². The summed E-state index contributed by atoms with van der Waals surface area (Å²) in [4.78, 5) is 26.9. The third-order valence-corrected chi connectivity index (χ3v) is 2.07. The molecule has 0 aromatic carbocycles. The molecule has 0 fully saturated rings. The first-order valence-electron chi connectivity index (χ1n) is 5.52. The largest absolute Gasteiger partial charge is 0.354 e. The van der Waals surface area contributed by atoms with E-state index in [0.29, 0.717) is 12.2 Å². The molecular formula is C12H17N3O2. The van der Waals surface area contributed by atoms with Gasteiger partial charge in [-0.05, 0) is 18.1 Å². The molecule has 0 aliphatic carbocycles. The van der Waals surface area contributed by atoms with E-state index in [0.717, 1.165) is 0 Å². The molecule has 1 aromatic heterocycles. The number of aromatic nitrogens is 1. The van der Waals surface area contributed by atoms with Crippen LogP contribution in [0.25, 0.3) is 0 Å². The highest BCUT2D eigenvalue weighted by molar-refractivity contribution is 5.94. The number of pyridine rings is 1. The molecule has 0 saturated heterocycles. The summed E-state index contributed by atoms with van der Waals surface area (Å²) in [5.74, 6) is 0.320. The van der Waals surface area contributed by atoms with Gasteiger partial charge in [0.1, 0.15) is 11.5 Å². The number of hydrogen-bond acceptors (Lipinski definition) is 3. The second-order valence-electron chi connectivity index (χ2n) is 4.13. The van der Waals surface area contributed by atoms with Gasteiger partial charge in [-0.25, -0.2) is 4.98 Å². The Balaban J connectivity index is 2.72. The Kier molecular flexibility index (Phi) is 4.63. The Morgan fingerprint density at radius 1 is 1.35 bits per heavy atom. The Morgan fingerprint density at radius 3 is 2.65 bits per heavy atom. The molecule has 0 unspecified atom stereocenters. The van der Waals surface area contributed by atoms with Crippen LogP contribution in [0, 0.1) is 5.92 Å². The van der Waals surface area contributed by atoms with Gasteiger partial charge in [0.15, 0.2) is 0 Å². The van der Waals surface area contributed by atoms with Crippen LogP contribution in [0.1, 0.15) is 30.8 Å². The summed E-state index contributed by atoms with van der Waals surface area (Å²) >= 11 is 0. The lowest BCUT2D eigenvalue weighted by Crippen LogP contribution is -2.20. The quantitative estimate of drug-likeness (QED) is 0.829. The molecule has 1 rings (SSSR count). The van der Waals surface area contributed by atoms with E-state index in [-0.39, 0.29) is 23.4 Å². The zero-order chi connectivity index (χ0) is 12.8. The van der Waals surface area contributed by atoms with E-state index in [1.807, 2.05) is 13.8 Å². The van der Waals surface area contributed by atoms with Crippen LogP contribution < -0.4 is 10.6 Å². The summed E-state index contributed by atoms with van der Waals surface area (Å²) in [7, 11) is 1.54. The van der Waals surface area contributed by atoms with Gasteiger partial charge in [-0.1, -0.05) is 19.9 Å². The first-order chi connectivity index (χ1) is 8.02. The normalized spacial score (nSPS) is 10.1. The van der Waals surface area contributed by atoms with E-state index in [1.54, 1.807) is 18.2 Å². The highest BCUT2D eigenvalue weighted by atomic mass is 16.2.